The molecule has 0 aliphatic rings. The van der Waals surface area contributed by atoms with Gasteiger partial charge in [-0.25, -0.2) is 18.9 Å². The van der Waals surface area contributed by atoms with Crippen molar-refractivity contribution >= 4 is 26.8 Å². The number of fused-ring (bicyclic) bond motifs is 1. The maximum Gasteiger partial charge on any atom is 0.274 e. The summed E-state index contributed by atoms with van der Waals surface area (Å²) in [6, 6.07) is 11.5. The molecule has 0 bridgehead atoms. The third-order valence-corrected chi connectivity index (χ3v) is 4.82. The van der Waals surface area contributed by atoms with Crippen molar-refractivity contribution in [2.75, 3.05) is 6.26 Å². The van der Waals surface area contributed by atoms with Gasteiger partial charge in [0.15, 0.2) is 9.84 Å². The molecule has 3 rings (SSSR count). The summed E-state index contributed by atoms with van der Waals surface area (Å²) in [5, 5.41) is 8.74. The molecule has 1 heterocycles. The normalized spacial score (nSPS) is 11.6. The maximum absolute atomic E-state index is 11.5. The number of hydroxylamine groups is 1. The van der Waals surface area contributed by atoms with E-state index in [0.717, 1.165) is 16.6 Å². The summed E-state index contributed by atoms with van der Waals surface area (Å²) in [7, 11) is -3.22. The number of nitrogens with zero attached hydrogens (tertiary/aromatic N) is 2. The highest BCUT2D eigenvalue weighted by Crippen LogP contribution is 2.18. The molecule has 1 amide bonds. The number of benzene rings is 2. The first kappa shape index (κ1) is 16.2. The van der Waals surface area contributed by atoms with Crippen molar-refractivity contribution in [1.29, 1.82) is 0 Å². The Bertz CT molecular complexity index is 1010. The standard InChI is InChI=1S/C16H15N3O4S/c1-24(22,23)13-5-2-11(3-6-13)9-19-10-17-14-7-4-12(8-15(14)19)16(20)18-21/h2-8,10,21H,9H2,1H3,(H,18,20). The Morgan fingerprint density at radius 2 is 1.92 bits per heavy atom. The first-order valence-electron chi connectivity index (χ1n) is 7.07. The van der Waals surface area contributed by atoms with E-state index in [1.807, 2.05) is 4.57 Å². The Hall–Kier alpha value is -2.71. The molecule has 7 nitrogen and oxygen atoms in total. The molecule has 0 radical (unpaired) electrons. The van der Waals surface area contributed by atoms with Crippen molar-refractivity contribution in [3.8, 4) is 0 Å². The van der Waals surface area contributed by atoms with Gasteiger partial charge in [-0.1, -0.05) is 12.1 Å². The Morgan fingerprint density at radius 1 is 1.21 bits per heavy atom. The number of carbonyl (C=O) groups is 1. The third kappa shape index (κ3) is 3.15. The Morgan fingerprint density at radius 3 is 2.54 bits per heavy atom. The largest absolute Gasteiger partial charge is 0.326 e. The topological polar surface area (TPSA) is 101 Å². The third-order valence-electron chi connectivity index (χ3n) is 3.69. The molecule has 1 aromatic heterocycles. The second-order valence-corrected chi connectivity index (χ2v) is 7.45. The zero-order valence-corrected chi connectivity index (χ0v) is 13.6. The number of imidazole rings is 1. The lowest BCUT2D eigenvalue weighted by Gasteiger charge is -2.07. The lowest BCUT2D eigenvalue weighted by molar-refractivity contribution is 0.0706. The van der Waals surface area contributed by atoms with E-state index >= 15 is 0 Å². The van der Waals surface area contributed by atoms with E-state index in [-0.39, 0.29) is 4.90 Å². The highest BCUT2D eigenvalue weighted by atomic mass is 32.2. The van der Waals surface area contributed by atoms with Crippen LogP contribution in [-0.4, -0.2) is 35.3 Å². The Balaban J connectivity index is 1.93. The van der Waals surface area contributed by atoms with E-state index in [1.165, 1.54) is 6.26 Å². The smallest absolute Gasteiger partial charge is 0.274 e. The number of hydrogen-bond acceptors (Lipinski definition) is 5. The average molecular weight is 345 g/mol. The summed E-state index contributed by atoms with van der Waals surface area (Å²) in [6.07, 6.45) is 2.81. The molecule has 0 spiro atoms. The minimum Gasteiger partial charge on any atom is -0.326 e. The number of sulfone groups is 1. The van der Waals surface area contributed by atoms with E-state index in [1.54, 1.807) is 54.3 Å². The van der Waals surface area contributed by atoms with Crippen molar-refractivity contribution in [2.24, 2.45) is 0 Å². The van der Waals surface area contributed by atoms with Crippen LogP contribution in [-0.2, 0) is 16.4 Å². The second-order valence-electron chi connectivity index (χ2n) is 5.43. The number of amides is 1. The predicted octanol–water partition coefficient (Wildman–Crippen LogP) is 1.61. The fraction of sp³-hybridized carbons (Fsp3) is 0.125. The Kier molecular flexibility index (Phi) is 4.08. The van der Waals surface area contributed by atoms with E-state index in [9.17, 15) is 13.2 Å². The van der Waals surface area contributed by atoms with Crippen molar-refractivity contribution < 1.29 is 18.4 Å². The van der Waals surface area contributed by atoms with Gasteiger partial charge in [-0.15, -0.1) is 0 Å². The predicted molar refractivity (Wildman–Crippen MR) is 87.6 cm³/mol. The van der Waals surface area contributed by atoms with Gasteiger partial charge in [0.25, 0.3) is 5.91 Å². The van der Waals surface area contributed by atoms with E-state index in [4.69, 9.17) is 5.21 Å². The van der Waals surface area contributed by atoms with Crippen LogP contribution < -0.4 is 5.48 Å². The maximum atomic E-state index is 11.5. The summed E-state index contributed by atoms with van der Waals surface area (Å²) in [4.78, 5) is 16.1. The van der Waals surface area contributed by atoms with Crippen LogP contribution in [0.15, 0.2) is 53.7 Å². The van der Waals surface area contributed by atoms with Gasteiger partial charge in [0.2, 0.25) is 0 Å². The van der Waals surface area contributed by atoms with Crippen LogP contribution in [0.25, 0.3) is 11.0 Å². The van der Waals surface area contributed by atoms with Crippen LogP contribution in [0.1, 0.15) is 15.9 Å². The zero-order valence-electron chi connectivity index (χ0n) is 12.8. The summed E-state index contributed by atoms with van der Waals surface area (Å²) in [5.41, 5.74) is 4.28. The van der Waals surface area contributed by atoms with Crippen molar-refractivity contribution in [3.05, 3.63) is 59.9 Å². The van der Waals surface area contributed by atoms with Gasteiger partial charge >= 0.3 is 0 Å². The second kappa shape index (κ2) is 6.06. The lowest BCUT2D eigenvalue weighted by Crippen LogP contribution is -2.18. The Labute approximate surface area is 138 Å². The number of hydrogen-bond donors (Lipinski definition) is 2. The molecule has 8 heteroatoms. The van der Waals surface area contributed by atoms with Crippen molar-refractivity contribution in [1.82, 2.24) is 15.0 Å². The van der Waals surface area contributed by atoms with E-state index in [0.29, 0.717) is 12.1 Å². The lowest BCUT2D eigenvalue weighted by atomic mass is 10.2. The van der Waals surface area contributed by atoms with Crippen molar-refractivity contribution in [2.45, 2.75) is 11.4 Å². The molecule has 0 saturated carbocycles. The molecule has 3 aromatic rings. The fourth-order valence-electron chi connectivity index (χ4n) is 2.43. The van der Waals surface area contributed by atoms with E-state index in [2.05, 4.69) is 4.98 Å². The van der Waals surface area contributed by atoms with Gasteiger partial charge in [-0.05, 0) is 35.9 Å². The van der Waals surface area contributed by atoms with Gasteiger partial charge in [0.05, 0.1) is 22.3 Å². The molecule has 0 unspecified atom stereocenters. The molecule has 0 fully saturated rings. The van der Waals surface area contributed by atoms with Gasteiger partial charge in [-0.3, -0.25) is 10.0 Å². The van der Waals surface area contributed by atoms with Gasteiger partial charge in [-0.2, -0.15) is 0 Å². The summed E-state index contributed by atoms with van der Waals surface area (Å²) >= 11 is 0. The van der Waals surface area contributed by atoms with Crippen LogP contribution in [0.5, 0.6) is 0 Å². The minimum absolute atomic E-state index is 0.267. The number of nitrogens with one attached hydrogen (secondary N) is 1. The minimum atomic E-state index is -3.22. The molecular formula is C16H15N3O4S. The van der Waals surface area contributed by atoms with Crippen LogP contribution in [0, 0.1) is 0 Å². The van der Waals surface area contributed by atoms with Gasteiger partial charge < -0.3 is 4.57 Å². The molecule has 24 heavy (non-hydrogen) atoms. The van der Waals surface area contributed by atoms with Crippen LogP contribution in [0.3, 0.4) is 0 Å². The molecule has 2 N–H and O–H groups in total. The summed E-state index contributed by atoms with van der Waals surface area (Å²) in [6.45, 7) is 0.477. The summed E-state index contributed by atoms with van der Waals surface area (Å²) in [5.74, 6) is -0.595. The SMILES string of the molecule is CS(=O)(=O)c1ccc(Cn2cnc3ccc(C(=O)NO)cc32)cc1. The van der Waals surface area contributed by atoms with Crippen molar-refractivity contribution in [3.63, 3.8) is 0 Å². The van der Waals surface area contributed by atoms with Gasteiger partial charge in [0.1, 0.15) is 0 Å². The van der Waals surface area contributed by atoms with Crippen LogP contribution >= 0.6 is 0 Å². The highest BCUT2D eigenvalue weighted by Gasteiger charge is 2.10. The number of aromatic nitrogens is 2. The molecule has 0 atom stereocenters. The monoisotopic (exact) mass is 345 g/mol. The molecular weight excluding hydrogens is 330 g/mol. The number of rotatable bonds is 4. The first-order chi connectivity index (χ1) is 11.4. The summed E-state index contributed by atoms with van der Waals surface area (Å²) < 4.78 is 24.8. The quantitative estimate of drug-likeness (QED) is 0.552. The van der Waals surface area contributed by atoms with E-state index < -0.39 is 15.7 Å². The number of carbonyl (C=O) groups excluding carboxylic acids is 1. The molecule has 0 aliphatic heterocycles. The van der Waals surface area contributed by atoms with Crippen LogP contribution in [0.2, 0.25) is 0 Å². The average Bonchev–Trinajstić information content (AvgIpc) is 2.96. The zero-order chi connectivity index (χ0) is 17.3. The molecule has 2 aromatic carbocycles. The molecule has 0 saturated heterocycles. The molecule has 0 aliphatic carbocycles. The van der Waals surface area contributed by atoms with Crippen LogP contribution in [0.4, 0.5) is 0 Å². The molecule has 124 valence electrons. The fourth-order valence-corrected chi connectivity index (χ4v) is 3.06. The first-order valence-corrected chi connectivity index (χ1v) is 8.96. The van der Waals surface area contributed by atoms with Gasteiger partial charge in [0, 0.05) is 18.4 Å². The highest BCUT2D eigenvalue weighted by molar-refractivity contribution is 7.90.